The zero-order valence-electron chi connectivity index (χ0n) is 14.0. The summed E-state index contributed by atoms with van der Waals surface area (Å²) in [5.74, 6) is -0.109. The summed E-state index contributed by atoms with van der Waals surface area (Å²) >= 11 is 0. The number of alkyl carbamates (subject to hydrolysis) is 1. The molecule has 0 radical (unpaired) electrons. The van der Waals surface area contributed by atoms with Gasteiger partial charge in [0.25, 0.3) is 5.91 Å². The summed E-state index contributed by atoms with van der Waals surface area (Å²) in [6, 6.07) is 5.78. The Morgan fingerprint density at radius 1 is 1.46 bits per heavy atom. The molecule has 3 rings (SSSR count). The first-order valence-electron chi connectivity index (χ1n) is 8.25. The smallest absolute Gasteiger partial charge is 0.407 e. The molecule has 1 fully saturated rings. The van der Waals surface area contributed by atoms with Gasteiger partial charge in [0.05, 0.1) is 12.1 Å². The van der Waals surface area contributed by atoms with Gasteiger partial charge in [0.15, 0.2) is 5.69 Å². The number of carbonyl (C=O) groups is 2. The van der Waals surface area contributed by atoms with E-state index in [9.17, 15) is 9.59 Å². The van der Waals surface area contributed by atoms with Crippen molar-refractivity contribution in [2.24, 2.45) is 0 Å². The number of nitrogens with one attached hydrogen (secondary N) is 2. The van der Waals surface area contributed by atoms with Crippen LogP contribution in [0.4, 0.5) is 4.79 Å². The highest BCUT2D eigenvalue weighted by Gasteiger charge is 2.28. The monoisotopic (exact) mass is 330 g/mol. The Hall–Kier alpha value is -2.57. The predicted octanol–water partition coefficient (Wildman–Crippen LogP) is 2.22. The number of piperidine rings is 1. The van der Waals surface area contributed by atoms with Crippen LogP contribution in [0.15, 0.2) is 18.2 Å². The van der Waals surface area contributed by atoms with Crippen molar-refractivity contribution < 1.29 is 14.3 Å². The highest BCUT2D eigenvalue weighted by Crippen LogP contribution is 2.21. The van der Waals surface area contributed by atoms with Gasteiger partial charge >= 0.3 is 6.09 Å². The molecule has 1 aliphatic rings. The SMILES string of the molecule is CCOC(=O)NC1CCCN(C(=O)c2n[nH]c3ccc(C)cc23)C1. The fourth-order valence-electron chi connectivity index (χ4n) is 3.06. The molecule has 2 heterocycles. The number of hydrogen-bond acceptors (Lipinski definition) is 4. The van der Waals surface area contributed by atoms with Gasteiger partial charge in [-0.1, -0.05) is 11.6 Å². The second kappa shape index (κ2) is 6.90. The third-order valence-electron chi connectivity index (χ3n) is 4.23. The average molecular weight is 330 g/mol. The van der Waals surface area contributed by atoms with Gasteiger partial charge in [-0.2, -0.15) is 5.10 Å². The van der Waals surface area contributed by atoms with E-state index >= 15 is 0 Å². The summed E-state index contributed by atoms with van der Waals surface area (Å²) in [6.45, 7) is 5.22. The summed E-state index contributed by atoms with van der Waals surface area (Å²) in [5, 5.41) is 10.8. The van der Waals surface area contributed by atoms with Crippen LogP contribution in [-0.2, 0) is 4.74 Å². The topological polar surface area (TPSA) is 87.3 Å². The van der Waals surface area contributed by atoms with Gasteiger partial charge < -0.3 is 15.0 Å². The lowest BCUT2D eigenvalue weighted by Gasteiger charge is -2.32. The van der Waals surface area contributed by atoms with E-state index in [4.69, 9.17) is 4.74 Å². The van der Waals surface area contributed by atoms with Crippen molar-refractivity contribution >= 4 is 22.9 Å². The fourth-order valence-corrected chi connectivity index (χ4v) is 3.06. The first-order valence-corrected chi connectivity index (χ1v) is 8.25. The van der Waals surface area contributed by atoms with Crippen molar-refractivity contribution in [1.82, 2.24) is 20.4 Å². The van der Waals surface area contributed by atoms with Crippen LogP contribution < -0.4 is 5.32 Å². The molecule has 0 bridgehead atoms. The van der Waals surface area contributed by atoms with Crippen LogP contribution in [0.2, 0.25) is 0 Å². The van der Waals surface area contributed by atoms with E-state index in [1.165, 1.54) is 0 Å². The lowest BCUT2D eigenvalue weighted by molar-refractivity contribution is 0.0682. The van der Waals surface area contributed by atoms with Crippen LogP contribution >= 0.6 is 0 Å². The highest BCUT2D eigenvalue weighted by atomic mass is 16.5. The number of aromatic nitrogens is 2. The number of aromatic amines is 1. The summed E-state index contributed by atoms with van der Waals surface area (Å²) < 4.78 is 4.91. The first kappa shape index (κ1) is 16.3. The second-order valence-electron chi connectivity index (χ2n) is 6.08. The number of H-pyrrole nitrogens is 1. The van der Waals surface area contributed by atoms with E-state index in [1.54, 1.807) is 11.8 Å². The van der Waals surface area contributed by atoms with Crippen LogP contribution in [0.1, 0.15) is 35.8 Å². The Bertz CT molecular complexity index is 755. The molecule has 1 aromatic carbocycles. The van der Waals surface area contributed by atoms with E-state index in [1.807, 2.05) is 25.1 Å². The van der Waals surface area contributed by atoms with Gasteiger partial charge in [0.2, 0.25) is 0 Å². The van der Waals surface area contributed by atoms with Crippen molar-refractivity contribution in [1.29, 1.82) is 0 Å². The molecule has 1 aliphatic heterocycles. The van der Waals surface area contributed by atoms with Crippen LogP contribution in [0.5, 0.6) is 0 Å². The van der Waals surface area contributed by atoms with Gasteiger partial charge in [0.1, 0.15) is 0 Å². The van der Waals surface area contributed by atoms with Crippen LogP contribution in [0, 0.1) is 6.92 Å². The maximum absolute atomic E-state index is 12.8. The Morgan fingerprint density at radius 2 is 2.29 bits per heavy atom. The van der Waals surface area contributed by atoms with E-state index in [0.717, 1.165) is 29.3 Å². The summed E-state index contributed by atoms with van der Waals surface area (Å²) in [6.07, 6.45) is 1.24. The molecule has 1 saturated heterocycles. The highest BCUT2D eigenvalue weighted by molar-refractivity contribution is 6.04. The molecule has 0 saturated carbocycles. The molecular formula is C17H22N4O3. The summed E-state index contributed by atoms with van der Waals surface area (Å²) in [7, 11) is 0. The largest absolute Gasteiger partial charge is 0.450 e. The maximum atomic E-state index is 12.8. The normalized spacial score (nSPS) is 17.8. The van der Waals surface area contributed by atoms with Gasteiger partial charge in [-0.3, -0.25) is 9.89 Å². The fraction of sp³-hybridized carbons (Fsp3) is 0.471. The molecule has 1 atom stereocenters. The van der Waals surface area contributed by atoms with E-state index < -0.39 is 6.09 Å². The Kier molecular flexibility index (Phi) is 4.69. The molecule has 24 heavy (non-hydrogen) atoms. The molecule has 7 nitrogen and oxygen atoms in total. The number of amides is 2. The predicted molar refractivity (Wildman–Crippen MR) is 89.9 cm³/mol. The third kappa shape index (κ3) is 3.34. The van der Waals surface area contributed by atoms with Crippen molar-refractivity contribution in [3.05, 3.63) is 29.5 Å². The molecular weight excluding hydrogens is 308 g/mol. The lowest BCUT2D eigenvalue weighted by atomic mass is 10.0. The van der Waals surface area contributed by atoms with Gasteiger partial charge in [-0.05, 0) is 38.8 Å². The van der Waals surface area contributed by atoms with Crippen molar-refractivity contribution in [3.63, 3.8) is 0 Å². The quantitative estimate of drug-likeness (QED) is 0.903. The molecule has 0 spiro atoms. The number of carbonyl (C=O) groups excluding carboxylic acids is 2. The molecule has 128 valence electrons. The molecule has 0 aliphatic carbocycles. The van der Waals surface area contributed by atoms with Crippen LogP contribution in [-0.4, -0.2) is 52.8 Å². The van der Waals surface area contributed by atoms with Crippen molar-refractivity contribution in [3.8, 4) is 0 Å². The second-order valence-corrected chi connectivity index (χ2v) is 6.08. The number of ether oxygens (including phenoxy) is 1. The molecule has 1 unspecified atom stereocenters. The third-order valence-corrected chi connectivity index (χ3v) is 4.23. The number of fused-ring (bicyclic) bond motifs is 1. The maximum Gasteiger partial charge on any atom is 0.407 e. The van der Waals surface area contributed by atoms with Gasteiger partial charge in [0, 0.05) is 24.5 Å². The molecule has 2 N–H and O–H groups in total. The van der Waals surface area contributed by atoms with Crippen LogP contribution in [0.25, 0.3) is 10.9 Å². The zero-order chi connectivity index (χ0) is 17.1. The summed E-state index contributed by atoms with van der Waals surface area (Å²) in [5.41, 5.74) is 2.37. The molecule has 1 aromatic heterocycles. The standard InChI is InChI=1S/C17H22N4O3/c1-3-24-17(23)18-12-5-4-8-21(10-12)16(22)15-13-9-11(2)6-7-14(13)19-20-15/h6-7,9,12H,3-5,8,10H2,1-2H3,(H,18,23)(H,19,20). The van der Waals surface area contributed by atoms with Crippen molar-refractivity contribution in [2.45, 2.75) is 32.7 Å². The number of nitrogens with zero attached hydrogens (tertiary/aromatic N) is 2. The number of aryl methyl sites for hydroxylation is 1. The number of rotatable bonds is 3. The van der Waals surface area contributed by atoms with E-state index in [0.29, 0.717) is 25.4 Å². The number of benzene rings is 1. The Balaban J connectivity index is 1.74. The van der Waals surface area contributed by atoms with Gasteiger partial charge in [-0.25, -0.2) is 4.79 Å². The minimum Gasteiger partial charge on any atom is -0.450 e. The number of hydrogen-bond donors (Lipinski definition) is 2. The lowest BCUT2D eigenvalue weighted by Crippen LogP contribution is -2.49. The zero-order valence-corrected chi connectivity index (χ0v) is 14.0. The van der Waals surface area contributed by atoms with Gasteiger partial charge in [-0.15, -0.1) is 0 Å². The first-order chi connectivity index (χ1) is 11.6. The van der Waals surface area contributed by atoms with Crippen molar-refractivity contribution in [2.75, 3.05) is 19.7 Å². The Labute approximate surface area is 140 Å². The summed E-state index contributed by atoms with van der Waals surface area (Å²) in [4.78, 5) is 26.2. The van der Waals surface area contributed by atoms with E-state index in [-0.39, 0.29) is 11.9 Å². The minimum absolute atomic E-state index is 0.0892. The number of likely N-dealkylation sites (tertiary alicyclic amines) is 1. The Morgan fingerprint density at radius 3 is 3.08 bits per heavy atom. The van der Waals surface area contributed by atoms with Crippen LogP contribution in [0.3, 0.4) is 0 Å². The minimum atomic E-state index is -0.433. The molecule has 2 amide bonds. The van der Waals surface area contributed by atoms with E-state index in [2.05, 4.69) is 15.5 Å². The molecule has 7 heteroatoms. The molecule has 2 aromatic rings. The average Bonchev–Trinajstić information content (AvgIpc) is 2.97.